The smallest absolute Gasteiger partial charge is 0.344 e. The first-order valence-corrected chi connectivity index (χ1v) is 4.12. The number of hydrogen-bond acceptors (Lipinski definition) is 4. The molecule has 0 aromatic carbocycles. The number of nitrogens with one attached hydrogen (secondary N) is 1. The number of anilines is 1. The topological polar surface area (TPSA) is 81.0 Å². The van der Waals surface area contributed by atoms with Gasteiger partial charge in [-0.3, -0.25) is 5.10 Å². The molecule has 0 atom stereocenters. The Balaban J connectivity index is 0.00000144. The highest BCUT2D eigenvalue weighted by Gasteiger charge is 2.17. The van der Waals surface area contributed by atoms with Crippen molar-refractivity contribution in [2.24, 2.45) is 0 Å². The van der Waals surface area contributed by atoms with Gasteiger partial charge in [0.15, 0.2) is 5.82 Å². The van der Waals surface area contributed by atoms with Crippen molar-refractivity contribution >= 4 is 40.1 Å². The zero-order valence-corrected chi connectivity index (χ0v) is 9.24. The minimum absolute atomic E-state index is 0. The Morgan fingerprint density at radius 2 is 2.38 bits per heavy atom. The molecule has 1 heterocycles. The predicted octanol–water partition coefficient (Wildman–Crippen LogP) is 1.35. The van der Waals surface area contributed by atoms with E-state index < -0.39 is 5.97 Å². The standard InChI is InChI=1S/C6H8BrN3O2.ClH/c1-2-12-6(11)3-4(7)9-10-5(3)8;/h2H2,1H3,(H3,8,9,10);1H. The van der Waals surface area contributed by atoms with E-state index in [1.54, 1.807) is 6.92 Å². The van der Waals surface area contributed by atoms with Crippen LogP contribution in [0, 0.1) is 0 Å². The van der Waals surface area contributed by atoms with Crippen LogP contribution in [0.5, 0.6) is 0 Å². The van der Waals surface area contributed by atoms with Crippen LogP contribution < -0.4 is 5.73 Å². The zero-order valence-electron chi connectivity index (χ0n) is 6.83. The number of nitrogens with zero attached hydrogens (tertiary/aromatic N) is 1. The van der Waals surface area contributed by atoms with Crippen LogP contribution in [0.1, 0.15) is 17.3 Å². The number of carbonyl (C=O) groups excluding carboxylic acids is 1. The summed E-state index contributed by atoms with van der Waals surface area (Å²) in [6, 6.07) is 0. The Kier molecular flexibility index (Phi) is 4.79. The number of ether oxygens (including phenoxy) is 1. The van der Waals surface area contributed by atoms with Gasteiger partial charge in [0.25, 0.3) is 0 Å². The van der Waals surface area contributed by atoms with Gasteiger partial charge < -0.3 is 10.5 Å². The summed E-state index contributed by atoms with van der Waals surface area (Å²) in [5.74, 6) is -0.337. The molecule has 0 saturated heterocycles. The molecule has 0 saturated carbocycles. The number of aromatic nitrogens is 2. The van der Waals surface area contributed by atoms with Crippen molar-refractivity contribution in [3.63, 3.8) is 0 Å². The maximum Gasteiger partial charge on any atom is 0.344 e. The molecular formula is C6H9BrClN3O2. The van der Waals surface area contributed by atoms with E-state index in [1.165, 1.54) is 0 Å². The minimum atomic E-state index is -0.476. The van der Waals surface area contributed by atoms with Gasteiger partial charge in [0.2, 0.25) is 0 Å². The van der Waals surface area contributed by atoms with E-state index in [9.17, 15) is 4.79 Å². The van der Waals surface area contributed by atoms with Gasteiger partial charge in [-0.1, -0.05) is 0 Å². The average molecular weight is 271 g/mol. The third kappa shape index (κ3) is 2.60. The lowest BCUT2D eigenvalue weighted by atomic mass is 10.3. The van der Waals surface area contributed by atoms with E-state index in [4.69, 9.17) is 10.5 Å². The second kappa shape index (κ2) is 5.08. The summed E-state index contributed by atoms with van der Waals surface area (Å²) in [7, 11) is 0. The molecular weight excluding hydrogens is 261 g/mol. The molecule has 5 nitrogen and oxygen atoms in total. The SMILES string of the molecule is CCOC(=O)c1c(N)n[nH]c1Br.Cl. The molecule has 0 bridgehead atoms. The quantitative estimate of drug-likeness (QED) is 0.795. The van der Waals surface area contributed by atoms with Crippen LogP contribution in [0.2, 0.25) is 0 Å². The number of rotatable bonds is 2. The molecule has 1 rings (SSSR count). The molecule has 0 amide bonds. The molecule has 0 fully saturated rings. The lowest BCUT2D eigenvalue weighted by molar-refractivity contribution is 0.0526. The Bertz CT molecular complexity index is 283. The van der Waals surface area contributed by atoms with Crippen LogP contribution >= 0.6 is 28.3 Å². The number of carbonyl (C=O) groups is 1. The largest absolute Gasteiger partial charge is 0.462 e. The fourth-order valence-electron chi connectivity index (χ4n) is 0.731. The van der Waals surface area contributed by atoms with Gasteiger partial charge >= 0.3 is 5.97 Å². The van der Waals surface area contributed by atoms with Crippen molar-refractivity contribution in [3.05, 3.63) is 10.2 Å². The van der Waals surface area contributed by atoms with Crippen molar-refractivity contribution < 1.29 is 9.53 Å². The van der Waals surface area contributed by atoms with Crippen LogP contribution in [0.3, 0.4) is 0 Å². The second-order valence-electron chi connectivity index (χ2n) is 2.02. The summed E-state index contributed by atoms with van der Waals surface area (Å²) in [6.07, 6.45) is 0. The van der Waals surface area contributed by atoms with E-state index in [1.807, 2.05) is 0 Å². The van der Waals surface area contributed by atoms with E-state index in [2.05, 4.69) is 26.1 Å². The first kappa shape index (κ1) is 12.2. The van der Waals surface area contributed by atoms with Crippen molar-refractivity contribution in [2.75, 3.05) is 12.3 Å². The summed E-state index contributed by atoms with van der Waals surface area (Å²) in [4.78, 5) is 11.2. The Labute approximate surface area is 89.6 Å². The van der Waals surface area contributed by atoms with Gasteiger partial charge in [-0.05, 0) is 22.9 Å². The third-order valence-electron chi connectivity index (χ3n) is 1.23. The van der Waals surface area contributed by atoms with Crippen LogP contribution in [-0.2, 0) is 4.74 Å². The van der Waals surface area contributed by atoms with Crippen molar-refractivity contribution in [1.29, 1.82) is 0 Å². The number of nitrogen functional groups attached to an aromatic ring is 1. The fourth-order valence-corrected chi connectivity index (χ4v) is 1.18. The molecule has 1 aromatic rings. The molecule has 3 N–H and O–H groups in total. The molecule has 0 aliphatic carbocycles. The highest BCUT2D eigenvalue weighted by atomic mass is 79.9. The van der Waals surface area contributed by atoms with Gasteiger partial charge in [-0.25, -0.2) is 4.79 Å². The number of esters is 1. The first-order chi connectivity index (χ1) is 5.66. The van der Waals surface area contributed by atoms with E-state index in [0.717, 1.165) is 0 Å². The minimum Gasteiger partial charge on any atom is -0.462 e. The number of halogens is 2. The number of hydrogen-bond donors (Lipinski definition) is 2. The van der Waals surface area contributed by atoms with Gasteiger partial charge in [-0.15, -0.1) is 12.4 Å². The summed E-state index contributed by atoms with van der Waals surface area (Å²) in [6.45, 7) is 2.04. The molecule has 0 radical (unpaired) electrons. The number of nitrogens with two attached hydrogens (primary N) is 1. The van der Waals surface area contributed by atoms with Gasteiger partial charge in [0, 0.05) is 0 Å². The maximum absolute atomic E-state index is 11.2. The Morgan fingerprint density at radius 3 is 2.77 bits per heavy atom. The number of aromatic amines is 1. The molecule has 13 heavy (non-hydrogen) atoms. The first-order valence-electron chi connectivity index (χ1n) is 3.33. The molecule has 0 unspecified atom stereocenters. The van der Waals surface area contributed by atoms with Crippen LogP contribution in [0.4, 0.5) is 5.82 Å². The second-order valence-corrected chi connectivity index (χ2v) is 2.81. The summed E-state index contributed by atoms with van der Waals surface area (Å²) in [5, 5.41) is 6.14. The van der Waals surface area contributed by atoms with Gasteiger partial charge in [0.1, 0.15) is 10.2 Å². The Hall–Kier alpha value is -0.750. The van der Waals surface area contributed by atoms with Crippen LogP contribution in [-0.4, -0.2) is 22.8 Å². The predicted molar refractivity (Wildman–Crippen MR) is 53.9 cm³/mol. The highest BCUT2D eigenvalue weighted by molar-refractivity contribution is 9.10. The maximum atomic E-state index is 11.2. The molecule has 0 aliphatic rings. The van der Waals surface area contributed by atoms with Crippen molar-refractivity contribution in [2.45, 2.75) is 6.92 Å². The molecule has 0 spiro atoms. The van der Waals surface area contributed by atoms with Crippen molar-refractivity contribution in [1.82, 2.24) is 10.2 Å². The molecule has 74 valence electrons. The van der Waals surface area contributed by atoms with E-state index in [0.29, 0.717) is 11.2 Å². The average Bonchev–Trinajstić information content (AvgIpc) is 2.32. The molecule has 1 aromatic heterocycles. The van der Waals surface area contributed by atoms with E-state index in [-0.39, 0.29) is 23.8 Å². The lowest BCUT2D eigenvalue weighted by Gasteiger charge is -1.98. The number of H-pyrrole nitrogens is 1. The Morgan fingerprint density at radius 1 is 1.77 bits per heavy atom. The molecule has 7 heteroatoms. The van der Waals surface area contributed by atoms with Gasteiger partial charge in [0.05, 0.1) is 6.61 Å². The summed E-state index contributed by atoms with van der Waals surface area (Å²) in [5.41, 5.74) is 5.65. The highest BCUT2D eigenvalue weighted by Crippen LogP contribution is 2.19. The lowest BCUT2D eigenvalue weighted by Crippen LogP contribution is -2.06. The van der Waals surface area contributed by atoms with E-state index >= 15 is 0 Å². The van der Waals surface area contributed by atoms with Crippen molar-refractivity contribution in [3.8, 4) is 0 Å². The van der Waals surface area contributed by atoms with Crippen LogP contribution in [0.25, 0.3) is 0 Å². The summed E-state index contributed by atoms with van der Waals surface area (Å²) < 4.78 is 5.18. The summed E-state index contributed by atoms with van der Waals surface area (Å²) >= 11 is 3.09. The normalized spacial score (nSPS) is 9.08. The zero-order chi connectivity index (χ0) is 9.14. The monoisotopic (exact) mass is 269 g/mol. The fraction of sp³-hybridized carbons (Fsp3) is 0.333. The van der Waals surface area contributed by atoms with Crippen LogP contribution in [0.15, 0.2) is 4.60 Å². The van der Waals surface area contributed by atoms with Gasteiger partial charge in [-0.2, -0.15) is 5.10 Å². The third-order valence-corrected chi connectivity index (χ3v) is 1.80. The molecule has 0 aliphatic heterocycles.